The van der Waals surface area contributed by atoms with Gasteiger partial charge in [-0.1, -0.05) is 12.1 Å². The Balaban J connectivity index is 1.81. The number of aryl methyl sites for hydroxylation is 1. The lowest BCUT2D eigenvalue weighted by Crippen LogP contribution is -2.45. The van der Waals surface area contributed by atoms with Gasteiger partial charge >= 0.3 is 6.04 Å². The number of amidine groups is 1. The molecule has 0 aliphatic carbocycles. The van der Waals surface area contributed by atoms with Gasteiger partial charge in [-0.25, -0.2) is 6.57 Å². The van der Waals surface area contributed by atoms with Crippen molar-refractivity contribution < 1.29 is 9.59 Å². The van der Waals surface area contributed by atoms with E-state index in [0.717, 1.165) is 44.3 Å². The van der Waals surface area contributed by atoms with Gasteiger partial charge < -0.3 is 15.1 Å². The van der Waals surface area contributed by atoms with Crippen molar-refractivity contribution in [1.82, 2.24) is 9.80 Å². The number of rotatable bonds is 5. The van der Waals surface area contributed by atoms with Crippen LogP contribution in [0.25, 0.3) is 4.85 Å². The second-order valence-electron chi connectivity index (χ2n) is 8.03. The van der Waals surface area contributed by atoms with E-state index in [1.807, 2.05) is 42.2 Å². The molecule has 3 rings (SSSR count). The van der Waals surface area contributed by atoms with Crippen LogP contribution in [-0.4, -0.2) is 65.7 Å². The van der Waals surface area contributed by atoms with Crippen LogP contribution in [0.2, 0.25) is 0 Å². The van der Waals surface area contributed by atoms with Gasteiger partial charge in [0.1, 0.15) is 6.04 Å². The van der Waals surface area contributed by atoms with Gasteiger partial charge in [0, 0.05) is 25.3 Å². The highest BCUT2D eigenvalue weighted by Gasteiger charge is 2.32. The number of nitrogens with one attached hydrogen (secondary N) is 1. The van der Waals surface area contributed by atoms with E-state index in [9.17, 15) is 14.9 Å². The van der Waals surface area contributed by atoms with Gasteiger partial charge in [0.25, 0.3) is 0 Å². The summed E-state index contributed by atoms with van der Waals surface area (Å²) in [7, 11) is 0. The number of nitriles is 1. The third-order valence-electron chi connectivity index (χ3n) is 5.63. The second kappa shape index (κ2) is 10.6. The molecule has 0 saturated carbocycles. The minimum atomic E-state index is -1.13. The Bertz CT molecular complexity index is 909. The van der Waals surface area contributed by atoms with Gasteiger partial charge in [-0.15, -0.1) is 0 Å². The maximum absolute atomic E-state index is 13.2. The number of anilines is 1. The van der Waals surface area contributed by atoms with Crippen LogP contribution in [0.5, 0.6) is 0 Å². The van der Waals surface area contributed by atoms with Crippen LogP contribution in [0.3, 0.4) is 0 Å². The van der Waals surface area contributed by atoms with E-state index in [-0.39, 0.29) is 24.2 Å². The molecular formula is C23H28N6O2. The molecule has 1 aromatic rings. The van der Waals surface area contributed by atoms with Crippen LogP contribution in [0, 0.1) is 24.8 Å². The summed E-state index contributed by atoms with van der Waals surface area (Å²) in [6.45, 7) is 11.4. The van der Waals surface area contributed by atoms with Crippen molar-refractivity contribution >= 4 is 23.3 Å². The third kappa shape index (κ3) is 5.82. The topological polar surface area (TPSA) is 93.2 Å². The molecule has 2 heterocycles. The SMILES string of the molecule is [C-]#[N+]C(C#N)C(=NC1CCCCN(CC(=O)N2CCCC2)C1=O)Nc1cccc(C)c1. The largest absolute Gasteiger partial charge is 0.363 e. The summed E-state index contributed by atoms with van der Waals surface area (Å²) in [5, 5.41) is 12.5. The maximum Gasteiger partial charge on any atom is 0.363 e. The summed E-state index contributed by atoms with van der Waals surface area (Å²) in [6, 6.07) is 7.66. The molecular weight excluding hydrogens is 392 g/mol. The molecule has 2 aliphatic rings. The summed E-state index contributed by atoms with van der Waals surface area (Å²) in [5.41, 5.74) is 1.74. The zero-order valence-electron chi connectivity index (χ0n) is 17.9. The molecule has 1 aromatic carbocycles. The number of aliphatic imine (C=N–C) groups is 1. The van der Waals surface area contributed by atoms with E-state index in [1.54, 1.807) is 4.90 Å². The summed E-state index contributed by atoms with van der Waals surface area (Å²) >= 11 is 0. The van der Waals surface area contributed by atoms with E-state index >= 15 is 0 Å². The Kier molecular flexibility index (Phi) is 7.61. The highest BCUT2D eigenvalue weighted by atomic mass is 16.2. The lowest BCUT2D eigenvalue weighted by atomic mass is 10.1. The zero-order chi connectivity index (χ0) is 22.2. The third-order valence-corrected chi connectivity index (χ3v) is 5.63. The average molecular weight is 421 g/mol. The fourth-order valence-corrected chi connectivity index (χ4v) is 3.95. The smallest absolute Gasteiger partial charge is 0.341 e. The molecule has 31 heavy (non-hydrogen) atoms. The van der Waals surface area contributed by atoms with Gasteiger partial charge in [0.15, 0.2) is 6.07 Å². The van der Waals surface area contributed by atoms with Crippen molar-refractivity contribution in [2.24, 2.45) is 4.99 Å². The highest BCUT2D eigenvalue weighted by molar-refractivity contribution is 6.03. The average Bonchev–Trinajstić information content (AvgIpc) is 3.24. The van der Waals surface area contributed by atoms with Crippen molar-refractivity contribution in [3.05, 3.63) is 41.2 Å². The fourth-order valence-electron chi connectivity index (χ4n) is 3.95. The Hall–Kier alpha value is -3.39. The summed E-state index contributed by atoms with van der Waals surface area (Å²) in [5.74, 6) is -0.0610. The molecule has 0 aromatic heterocycles. The summed E-state index contributed by atoms with van der Waals surface area (Å²) in [6.07, 6.45) is 4.14. The number of hydrogen-bond donors (Lipinski definition) is 1. The van der Waals surface area contributed by atoms with Crippen LogP contribution < -0.4 is 5.32 Å². The number of hydrogen-bond acceptors (Lipinski definition) is 4. The molecule has 2 amide bonds. The first-order chi connectivity index (χ1) is 15.0. The molecule has 0 radical (unpaired) electrons. The highest BCUT2D eigenvalue weighted by Crippen LogP contribution is 2.18. The van der Waals surface area contributed by atoms with Crippen molar-refractivity contribution in [3.8, 4) is 6.07 Å². The maximum atomic E-state index is 13.2. The molecule has 1 N–H and O–H groups in total. The molecule has 162 valence electrons. The standard InChI is InChI=1S/C23H28N6O2/c1-17-8-7-9-18(14-17)26-22(20(15-24)25-2)27-19-10-3-4-13-29(23(19)31)16-21(30)28-11-5-6-12-28/h7-9,14,19-20H,3-6,10-13,16H2,1H3,(H,26,27). The minimum absolute atomic E-state index is 0.0235. The number of carbonyl (C=O) groups is 2. The Morgan fingerprint density at radius 3 is 2.74 bits per heavy atom. The first-order valence-corrected chi connectivity index (χ1v) is 10.8. The molecule has 2 unspecified atom stereocenters. The fraction of sp³-hybridized carbons (Fsp3) is 0.522. The first kappa shape index (κ1) is 22.3. The first-order valence-electron chi connectivity index (χ1n) is 10.8. The van der Waals surface area contributed by atoms with Crippen LogP contribution in [0.4, 0.5) is 5.69 Å². The second-order valence-corrected chi connectivity index (χ2v) is 8.03. The predicted octanol–water partition coefficient (Wildman–Crippen LogP) is 2.62. The van der Waals surface area contributed by atoms with E-state index < -0.39 is 12.1 Å². The molecule has 8 heteroatoms. The van der Waals surface area contributed by atoms with Crippen LogP contribution in [0.1, 0.15) is 37.7 Å². The Morgan fingerprint density at radius 2 is 2.06 bits per heavy atom. The summed E-state index contributed by atoms with van der Waals surface area (Å²) < 4.78 is 0. The zero-order valence-corrected chi connectivity index (χ0v) is 17.9. The predicted molar refractivity (Wildman–Crippen MR) is 118 cm³/mol. The molecule has 2 saturated heterocycles. The molecule has 2 aliphatic heterocycles. The number of benzene rings is 1. The van der Waals surface area contributed by atoms with Crippen molar-refractivity contribution in [2.75, 3.05) is 31.5 Å². The molecule has 0 spiro atoms. The van der Waals surface area contributed by atoms with Crippen molar-refractivity contribution in [3.63, 3.8) is 0 Å². The Morgan fingerprint density at radius 1 is 1.32 bits per heavy atom. The van der Waals surface area contributed by atoms with Crippen LogP contribution in [-0.2, 0) is 9.59 Å². The van der Waals surface area contributed by atoms with Crippen molar-refractivity contribution in [1.29, 1.82) is 5.26 Å². The number of amides is 2. The van der Waals surface area contributed by atoms with E-state index in [0.29, 0.717) is 18.7 Å². The van der Waals surface area contributed by atoms with Gasteiger partial charge in [-0.3, -0.25) is 19.4 Å². The lowest BCUT2D eigenvalue weighted by molar-refractivity contribution is -0.140. The van der Waals surface area contributed by atoms with Gasteiger partial charge in [-0.05, 0) is 56.7 Å². The Labute approximate surface area is 183 Å². The van der Waals surface area contributed by atoms with E-state index in [1.165, 1.54) is 0 Å². The van der Waals surface area contributed by atoms with Gasteiger partial charge in [-0.2, -0.15) is 5.26 Å². The number of nitrogens with zero attached hydrogens (tertiary/aromatic N) is 5. The van der Waals surface area contributed by atoms with Crippen LogP contribution >= 0.6 is 0 Å². The van der Waals surface area contributed by atoms with E-state index in [2.05, 4.69) is 15.2 Å². The normalized spacial score (nSPS) is 20.5. The van der Waals surface area contributed by atoms with Gasteiger partial charge in [0.05, 0.1) is 6.54 Å². The van der Waals surface area contributed by atoms with Crippen molar-refractivity contribution in [2.45, 2.75) is 51.1 Å². The van der Waals surface area contributed by atoms with Gasteiger partial charge in [0.2, 0.25) is 17.6 Å². The quantitative estimate of drug-likeness (QED) is 0.450. The minimum Gasteiger partial charge on any atom is -0.341 e. The number of carbonyl (C=O) groups excluding carboxylic acids is 2. The monoisotopic (exact) mass is 420 g/mol. The van der Waals surface area contributed by atoms with Crippen LogP contribution in [0.15, 0.2) is 29.3 Å². The molecule has 2 fully saturated rings. The molecule has 8 nitrogen and oxygen atoms in total. The molecule has 0 bridgehead atoms. The van der Waals surface area contributed by atoms with E-state index in [4.69, 9.17) is 6.57 Å². The summed E-state index contributed by atoms with van der Waals surface area (Å²) in [4.78, 5) is 37.1. The number of likely N-dealkylation sites (tertiary alicyclic amines) is 2. The lowest BCUT2D eigenvalue weighted by Gasteiger charge is -2.25. The molecule has 2 atom stereocenters.